The number of nitrogens with zero attached hydrogens (tertiary/aromatic N) is 5. The van der Waals surface area contributed by atoms with Crippen LogP contribution in [0.25, 0.3) is 0 Å². The van der Waals surface area contributed by atoms with Gasteiger partial charge in [0, 0.05) is 33.7 Å². The summed E-state index contributed by atoms with van der Waals surface area (Å²) in [5, 5.41) is 0. The van der Waals surface area contributed by atoms with Crippen LogP contribution in [0.5, 0.6) is 0 Å². The molecule has 1 saturated heterocycles. The predicted octanol–water partition coefficient (Wildman–Crippen LogP) is 1.26. The third kappa shape index (κ3) is 2.84. The van der Waals surface area contributed by atoms with Crippen molar-refractivity contribution in [3.8, 4) is 0 Å². The number of hydrogen-bond donors (Lipinski definition) is 0. The minimum absolute atomic E-state index is 0.201. The van der Waals surface area contributed by atoms with E-state index in [9.17, 15) is 9.59 Å². The second-order valence-electron chi connectivity index (χ2n) is 7.03. The average Bonchev–Trinajstić information content (AvgIpc) is 3.06. The Morgan fingerprint density at radius 3 is 2.72 bits per heavy atom. The monoisotopic (exact) mass is 348 g/mol. The number of methoxy groups -OCH3 is 1. The van der Waals surface area contributed by atoms with Crippen molar-refractivity contribution < 1.29 is 18.9 Å². The summed E-state index contributed by atoms with van der Waals surface area (Å²) < 4.78 is 9.08. The van der Waals surface area contributed by atoms with Crippen LogP contribution in [0.2, 0.25) is 0 Å². The van der Waals surface area contributed by atoms with Crippen molar-refractivity contribution >= 4 is 23.7 Å². The molecule has 0 radical (unpaired) electrons. The summed E-state index contributed by atoms with van der Waals surface area (Å²) in [5.74, 6) is 1.23. The highest BCUT2D eigenvalue weighted by Gasteiger charge is 2.53. The van der Waals surface area contributed by atoms with Crippen molar-refractivity contribution in [2.24, 2.45) is 10.9 Å². The van der Waals surface area contributed by atoms with Gasteiger partial charge in [-0.3, -0.25) is 14.6 Å². The number of rotatable bonds is 6. The SMILES string of the molecule is COCCCn1c(C)c[n+]2c1N=C1C2C(=O)N(CC(C)C)C(=O)N1C. The van der Waals surface area contributed by atoms with Crippen LogP contribution < -0.4 is 4.57 Å². The number of aryl methyl sites for hydroxylation is 1. The number of imide groups is 1. The van der Waals surface area contributed by atoms with Gasteiger partial charge in [-0.1, -0.05) is 18.8 Å². The predicted molar refractivity (Wildman–Crippen MR) is 91.7 cm³/mol. The summed E-state index contributed by atoms with van der Waals surface area (Å²) in [6, 6.07) is -0.860. The molecule has 2 aliphatic heterocycles. The van der Waals surface area contributed by atoms with E-state index in [2.05, 4.69) is 9.56 Å². The average molecular weight is 348 g/mol. The normalized spacial score (nSPS) is 19.6. The van der Waals surface area contributed by atoms with Crippen LogP contribution in [0.1, 0.15) is 32.0 Å². The molecule has 0 bridgehead atoms. The number of aliphatic imine (C=N–C) groups is 1. The number of amides is 3. The Bertz CT molecular complexity index is 737. The molecule has 0 saturated carbocycles. The zero-order valence-corrected chi connectivity index (χ0v) is 15.5. The number of ether oxygens (including phenoxy) is 1. The summed E-state index contributed by atoms with van der Waals surface area (Å²) in [5.41, 5.74) is 1.04. The second kappa shape index (κ2) is 6.59. The molecule has 1 aromatic rings. The molecule has 8 nitrogen and oxygen atoms in total. The lowest BCUT2D eigenvalue weighted by atomic mass is 10.1. The summed E-state index contributed by atoms with van der Waals surface area (Å²) >= 11 is 0. The first kappa shape index (κ1) is 17.6. The Kier molecular flexibility index (Phi) is 4.64. The maximum absolute atomic E-state index is 13.0. The minimum Gasteiger partial charge on any atom is -0.385 e. The van der Waals surface area contributed by atoms with Crippen molar-refractivity contribution in [1.29, 1.82) is 0 Å². The van der Waals surface area contributed by atoms with Gasteiger partial charge in [-0.05, 0) is 12.8 Å². The van der Waals surface area contributed by atoms with E-state index in [1.807, 2.05) is 31.5 Å². The number of hydrogen-bond acceptors (Lipinski definition) is 4. The van der Waals surface area contributed by atoms with Gasteiger partial charge in [0.1, 0.15) is 11.9 Å². The molecule has 0 aromatic carbocycles. The van der Waals surface area contributed by atoms with Crippen molar-refractivity contribution in [2.75, 3.05) is 27.3 Å². The Hall–Kier alpha value is -2.22. The molecule has 1 atom stereocenters. The molecular weight excluding hydrogens is 322 g/mol. The Balaban J connectivity index is 1.97. The van der Waals surface area contributed by atoms with E-state index in [1.54, 1.807) is 14.2 Å². The third-order valence-corrected chi connectivity index (χ3v) is 4.60. The van der Waals surface area contributed by atoms with Gasteiger partial charge in [0.25, 0.3) is 5.91 Å². The van der Waals surface area contributed by atoms with Gasteiger partial charge in [-0.25, -0.2) is 13.9 Å². The number of carbonyl (C=O) groups is 2. The van der Waals surface area contributed by atoms with Crippen molar-refractivity contribution in [1.82, 2.24) is 14.4 Å². The molecule has 0 aliphatic carbocycles. The van der Waals surface area contributed by atoms with E-state index in [1.165, 1.54) is 9.80 Å². The molecular formula is C17H26N5O3+. The molecule has 1 aromatic heterocycles. The molecule has 0 spiro atoms. The van der Waals surface area contributed by atoms with Crippen LogP contribution in [-0.4, -0.2) is 59.4 Å². The van der Waals surface area contributed by atoms with Gasteiger partial charge >= 0.3 is 12.0 Å². The summed E-state index contributed by atoms with van der Waals surface area (Å²) in [6.07, 6.45) is 2.80. The summed E-state index contributed by atoms with van der Waals surface area (Å²) in [4.78, 5) is 33.0. The van der Waals surface area contributed by atoms with Crippen LogP contribution in [0, 0.1) is 12.8 Å². The number of fused-ring (bicyclic) bond motifs is 3. The number of imidazole rings is 1. The smallest absolute Gasteiger partial charge is 0.385 e. The molecule has 8 heteroatoms. The standard InChI is InChI=1S/C17H26N5O3/c1-11(2)9-22-15(23)13-14(19(4)17(22)24)18-16-20(7-6-8-25-5)12(3)10-21(13)16/h10-11,13H,6-9H2,1-5H3/q+1. The highest BCUT2D eigenvalue weighted by atomic mass is 16.5. The molecule has 136 valence electrons. The number of amidine groups is 1. The van der Waals surface area contributed by atoms with Crippen molar-refractivity contribution in [3.63, 3.8) is 0 Å². The van der Waals surface area contributed by atoms with Gasteiger partial charge in [-0.2, -0.15) is 0 Å². The van der Waals surface area contributed by atoms with Gasteiger partial charge in [0.05, 0.1) is 6.54 Å². The maximum atomic E-state index is 13.0. The lowest BCUT2D eigenvalue weighted by Gasteiger charge is -2.33. The van der Waals surface area contributed by atoms with Crippen LogP contribution in [-0.2, 0) is 16.1 Å². The number of carbonyl (C=O) groups excluding carboxylic acids is 2. The van der Waals surface area contributed by atoms with E-state index in [0.717, 1.165) is 18.7 Å². The summed E-state index contributed by atoms with van der Waals surface area (Å²) in [6.45, 7) is 7.82. The zero-order chi connectivity index (χ0) is 18.3. The highest BCUT2D eigenvalue weighted by molar-refractivity contribution is 6.19. The van der Waals surface area contributed by atoms with Gasteiger partial charge in [-0.15, -0.1) is 0 Å². The Morgan fingerprint density at radius 2 is 2.08 bits per heavy atom. The van der Waals surface area contributed by atoms with Crippen molar-refractivity contribution in [2.45, 2.75) is 39.8 Å². The second-order valence-corrected chi connectivity index (χ2v) is 7.03. The van der Waals surface area contributed by atoms with Crippen LogP contribution in [0.3, 0.4) is 0 Å². The fourth-order valence-corrected chi connectivity index (χ4v) is 3.41. The van der Waals surface area contributed by atoms with Crippen molar-refractivity contribution in [3.05, 3.63) is 11.9 Å². The molecule has 3 heterocycles. The quantitative estimate of drug-likeness (QED) is 0.574. The van der Waals surface area contributed by atoms with Crippen LogP contribution >= 0.6 is 0 Å². The Morgan fingerprint density at radius 1 is 1.36 bits per heavy atom. The van der Waals surface area contributed by atoms with E-state index >= 15 is 0 Å². The number of aromatic nitrogens is 2. The highest BCUT2D eigenvalue weighted by Crippen LogP contribution is 2.29. The van der Waals surface area contributed by atoms with E-state index in [-0.39, 0.29) is 17.9 Å². The van der Waals surface area contributed by atoms with Crippen LogP contribution in [0.4, 0.5) is 10.7 Å². The molecule has 3 amide bonds. The molecule has 1 fully saturated rings. The van der Waals surface area contributed by atoms with Crippen LogP contribution in [0.15, 0.2) is 11.2 Å². The zero-order valence-electron chi connectivity index (χ0n) is 15.5. The molecule has 25 heavy (non-hydrogen) atoms. The molecule has 1 unspecified atom stereocenters. The first-order valence-corrected chi connectivity index (χ1v) is 8.64. The van der Waals surface area contributed by atoms with E-state index in [4.69, 9.17) is 4.74 Å². The Labute approximate surface area is 147 Å². The fourth-order valence-electron chi connectivity index (χ4n) is 3.41. The summed E-state index contributed by atoms with van der Waals surface area (Å²) in [7, 11) is 3.36. The lowest BCUT2D eigenvalue weighted by molar-refractivity contribution is -0.677. The van der Waals surface area contributed by atoms with E-state index in [0.29, 0.717) is 24.9 Å². The first-order chi connectivity index (χ1) is 11.9. The minimum atomic E-state index is -0.557. The molecule has 2 aliphatic rings. The lowest BCUT2D eigenvalue weighted by Crippen LogP contribution is -2.63. The maximum Gasteiger partial charge on any atom is 0.401 e. The van der Waals surface area contributed by atoms with E-state index < -0.39 is 6.04 Å². The number of likely N-dealkylation sites (N-methyl/N-ethyl adjacent to an activating group) is 1. The molecule has 0 N–H and O–H groups in total. The van der Waals surface area contributed by atoms with Gasteiger partial charge in [0.2, 0.25) is 11.9 Å². The third-order valence-electron chi connectivity index (χ3n) is 4.60. The topological polar surface area (TPSA) is 71.0 Å². The first-order valence-electron chi connectivity index (χ1n) is 8.64. The fraction of sp³-hybridized carbons (Fsp3) is 0.647. The number of urea groups is 1. The largest absolute Gasteiger partial charge is 0.401 e. The molecule has 3 rings (SSSR count). The van der Waals surface area contributed by atoms with Gasteiger partial charge < -0.3 is 4.74 Å². The van der Waals surface area contributed by atoms with Gasteiger partial charge in [0.15, 0.2) is 0 Å².